The Hall–Kier alpha value is -2.51. The Balaban J connectivity index is 1.80. The van der Waals surface area contributed by atoms with E-state index in [1.54, 1.807) is 30.3 Å². The molecule has 0 bridgehead atoms. The van der Waals surface area contributed by atoms with Crippen LogP contribution in [0.1, 0.15) is 21.5 Å². The van der Waals surface area contributed by atoms with Crippen molar-refractivity contribution in [2.24, 2.45) is 0 Å². The maximum atomic E-state index is 12.7. The lowest BCUT2D eigenvalue weighted by atomic mass is 10.0. The summed E-state index contributed by atoms with van der Waals surface area (Å²) >= 11 is 7.12. The van der Waals surface area contributed by atoms with Crippen molar-refractivity contribution in [3.05, 3.63) is 88.7 Å². The lowest BCUT2D eigenvalue weighted by Crippen LogP contribution is -2.05. The molecule has 0 saturated carbocycles. The molecule has 0 spiro atoms. The normalized spacial score (nSPS) is 11.3. The fraction of sp³-hybridized carbons (Fsp3) is 0.0526. The number of anilines is 1. The Morgan fingerprint density at radius 1 is 1.00 bits per heavy atom. The van der Waals surface area contributed by atoms with E-state index in [2.05, 4.69) is 9.71 Å². The van der Waals surface area contributed by atoms with Gasteiger partial charge in [-0.25, -0.2) is 0 Å². The quantitative estimate of drug-likeness (QED) is 0.409. The highest BCUT2D eigenvalue weighted by atomic mass is 35.5. The van der Waals surface area contributed by atoms with Gasteiger partial charge in [-0.15, -0.1) is 0 Å². The number of benzene rings is 2. The minimum Gasteiger partial charge on any atom is -0.325 e. The molecule has 2 aromatic carbocycles. The standard InChI is InChI=1S/C19H12ClF3N2OS/c20-14-3-6-17(16(11-14)18(26)12-7-9-24-10-8-12)25-27-15-4-1-13(2-5-15)19(21,22)23/h1-11,25H. The summed E-state index contributed by atoms with van der Waals surface area (Å²) in [5.74, 6) is -0.240. The first kappa shape index (κ1) is 19.3. The fourth-order valence-electron chi connectivity index (χ4n) is 2.28. The molecular weight excluding hydrogens is 397 g/mol. The molecule has 0 aliphatic rings. The topological polar surface area (TPSA) is 42.0 Å². The zero-order chi connectivity index (χ0) is 19.4. The lowest BCUT2D eigenvalue weighted by molar-refractivity contribution is -0.137. The van der Waals surface area contributed by atoms with Crippen LogP contribution in [0.25, 0.3) is 0 Å². The van der Waals surface area contributed by atoms with Gasteiger partial charge in [0, 0.05) is 33.4 Å². The van der Waals surface area contributed by atoms with Crippen LogP contribution in [-0.2, 0) is 6.18 Å². The van der Waals surface area contributed by atoms with Crippen LogP contribution in [0, 0.1) is 0 Å². The number of carbonyl (C=O) groups excluding carboxylic acids is 1. The van der Waals surface area contributed by atoms with Crippen molar-refractivity contribution in [2.45, 2.75) is 11.1 Å². The van der Waals surface area contributed by atoms with Crippen molar-refractivity contribution in [2.75, 3.05) is 4.72 Å². The predicted molar refractivity (Wildman–Crippen MR) is 100 cm³/mol. The van der Waals surface area contributed by atoms with Crippen LogP contribution < -0.4 is 4.72 Å². The summed E-state index contributed by atoms with van der Waals surface area (Å²) in [4.78, 5) is 17.2. The van der Waals surface area contributed by atoms with E-state index in [1.165, 1.54) is 24.5 Å². The van der Waals surface area contributed by atoms with Gasteiger partial charge in [-0.05, 0) is 66.5 Å². The number of alkyl halides is 3. The van der Waals surface area contributed by atoms with Gasteiger partial charge in [0.2, 0.25) is 0 Å². The van der Waals surface area contributed by atoms with Crippen LogP contribution in [0.2, 0.25) is 5.02 Å². The van der Waals surface area contributed by atoms with Gasteiger partial charge in [0.25, 0.3) is 0 Å². The van der Waals surface area contributed by atoms with E-state index in [1.807, 2.05) is 0 Å². The van der Waals surface area contributed by atoms with Gasteiger partial charge in [0.15, 0.2) is 5.78 Å². The average molecular weight is 409 g/mol. The van der Waals surface area contributed by atoms with Crippen LogP contribution in [-0.4, -0.2) is 10.8 Å². The largest absolute Gasteiger partial charge is 0.416 e. The summed E-state index contributed by atoms with van der Waals surface area (Å²) in [5, 5.41) is 0.400. The van der Waals surface area contributed by atoms with Crippen LogP contribution in [0.5, 0.6) is 0 Å². The van der Waals surface area contributed by atoms with Gasteiger partial charge in [0.05, 0.1) is 11.3 Å². The third-order valence-corrected chi connectivity index (χ3v) is 4.69. The number of nitrogens with one attached hydrogen (secondary N) is 1. The first-order valence-electron chi connectivity index (χ1n) is 7.69. The molecule has 27 heavy (non-hydrogen) atoms. The van der Waals surface area contributed by atoms with E-state index >= 15 is 0 Å². The smallest absolute Gasteiger partial charge is 0.325 e. The van der Waals surface area contributed by atoms with Crippen molar-refractivity contribution in [3.8, 4) is 0 Å². The Bertz CT molecular complexity index is 947. The van der Waals surface area contributed by atoms with Crippen molar-refractivity contribution in [1.29, 1.82) is 0 Å². The Kier molecular flexibility index (Phi) is 5.72. The second-order valence-corrected chi connectivity index (χ2v) is 6.80. The zero-order valence-corrected chi connectivity index (χ0v) is 15.2. The number of pyridine rings is 1. The minimum absolute atomic E-state index is 0.240. The van der Waals surface area contributed by atoms with E-state index in [4.69, 9.17) is 11.6 Å². The molecule has 138 valence electrons. The van der Waals surface area contributed by atoms with Crippen LogP contribution in [0.15, 0.2) is 71.9 Å². The van der Waals surface area contributed by atoms with E-state index in [0.717, 1.165) is 24.1 Å². The number of ketones is 1. The van der Waals surface area contributed by atoms with Crippen LogP contribution >= 0.6 is 23.5 Å². The number of carbonyl (C=O) groups is 1. The Morgan fingerprint density at radius 3 is 2.30 bits per heavy atom. The van der Waals surface area contributed by atoms with Crippen molar-refractivity contribution in [1.82, 2.24) is 4.98 Å². The van der Waals surface area contributed by atoms with Crippen LogP contribution in [0.3, 0.4) is 0 Å². The second kappa shape index (κ2) is 8.02. The molecule has 8 heteroatoms. The van der Waals surface area contributed by atoms with E-state index < -0.39 is 11.7 Å². The van der Waals surface area contributed by atoms with E-state index in [-0.39, 0.29) is 5.78 Å². The first-order chi connectivity index (χ1) is 12.8. The summed E-state index contributed by atoms with van der Waals surface area (Å²) in [5.41, 5.74) is 0.598. The van der Waals surface area contributed by atoms with Crippen LogP contribution in [0.4, 0.5) is 18.9 Å². The highest BCUT2D eigenvalue weighted by Gasteiger charge is 2.29. The van der Waals surface area contributed by atoms with Crippen molar-refractivity contribution in [3.63, 3.8) is 0 Å². The maximum Gasteiger partial charge on any atom is 0.416 e. The summed E-state index contributed by atoms with van der Waals surface area (Å²) in [7, 11) is 0. The van der Waals surface area contributed by atoms with Gasteiger partial charge in [-0.2, -0.15) is 13.2 Å². The molecule has 3 rings (SSSR count). The first-order valence-corrected chi connectivity index (χ1v) is 8.88. The van der Waals surface area contributed by atoms with E-state index in [0.29, 0.717) is 26.7 Å². The summed E-state index contributed by atoms with van der Waals surface area (Å²) in [6, 6.07) is 12.7. The number of hydrogen-bond acceptors (Lipinski definition) is 4. The highest BCUT2D eigenvalue weighted by Crippen LogP contribution is 2.32. The number of halogens is 4. The molecule has 1 heterocycles. The molecular formula is C19H12ClF3N2OS. The number of rotatable bonds is 5. The number of aromatic nitrogens is 1. The van der Waals surface area contributed by atoms with Gasteiger partial charge < -0.3 is 4.72 Å². The van der Waals surface area contributed by atoms with Crippen molar-refractivity contribution >= 4 is 35.0 Å². The average Bonchev–Trinajstić information content (AvgIpc) is 2.66. The minimum atomic E-state index is -4.38. The molecule has 0 amide bonds. The molecule has 0 atom stereocenters. The molecule has 0 aliphatic carbocycles. The monoisotopic (exact) mass is 408 g/mol. The van der Waals surface area contributed by atoms with Gasteiger partial charge in [0.1, 0.15) is 0 Å². The molecule has 1 N–H and O–H groups in total. The molecule has 0 unspecified atom stereocenters. The molecule has 1 aromatic heterocycles. The summed E-state index contributed by atoms with van der Waals surface area (Å²) in [6.45, 7) is 0. The zero-order valence-electron chi connectivity index (χ0n) is 13.6. The summed E-state index contributed by atoms with van der Waals surface area (Å²) < 4.78 is 40.9. The van der Waals surface area contributed by atoms with Crippen molar-refractivity contribution < 1.29 is 18.0 Å². The SMILES string of the molecule is O=C(c1ccncc1)c1cc(Cl)ccc1NSc1ccc(C(F)(F)F)cc1. The van der Waals surface area contributed by atoms with Gasteiger partial charge >= 0.3 is 6.18 Å². The molecule has 0 radical (unpaired) electrons. The van der Waals surface area contributed by atoms with Gasteiger partial charge in [-0.3, -0.25) is 9.78 Å². The predicted octanol–water partition coefficient (Wildman–Crippen LogP) is 6.10. The third kappa shape index (κ3) is 4.81. The number of nitrogens with zero attached hydrogens (tertiary/aromatic N) is 1. The molecule has 3 aromatic rings. The second-order valence-electron chi connectivity index (χ2n) is 5.48. The molecule has 3 nitrogen and oxygen atoms in total. The molecule has 0 aliphatic heterocycles. The molecule has 0 saturated heterocycles. The summed E-state index contributed by atoms with van der Waals surface area (Å²) in [6.07, 6.45) is -1.35. The van der Waals surface area contributed by atoms with E-state index in [9.17, 15) is 18.0 Å². The fourth-order valence-corrected chi connectivity index (χ4v) is 3.13. The molecule has 0 fully saturated rings. The third-order valence-electron chi connectivity index (χ3n) is 3.63. The van der Waals surface area contributed by atoms with Gasteiger partial charge in [-0.1, -0.05) is 11.6 Å². The Morgan fingerprint density at radius 2 is 1.67 bits per heavy atom. The Labute approximate surface area is 162 Å². The maximum absolute atomic E-state index is 12.7. The lowest BCUT2D eigenvalue weighted by Gasteiger charge is -2.12. The highest BCUT2D eigenvalue weighted by molar-refractivity contribution is 8.00. The number of hydrogen-bond donors (Lipinski definition) is 1.